The van der Waals surface area contributed by atoms with E-state index in [4.69, 9.17) is 18.2 Å². The molecule has 0 aliphatic carbocycles. The Morgan fingerprint density at radius 3 is 1.78 bits per heavy atom. The van der Waals surface area contributed by atoms with Gasteiger partial charge in [0.2, 0.25) is 0 Å². The third-order valence-electron chi connectivity index (χ3n) is 10.6. The van der Waals surface area contributed by atoms with Crippen LogP contribution >= 0.6 is 0 Å². The van der Waals surface area contributed by atoms with Crippen molar-refractivity contribution in [2.24, 2.45) is 0 Å². The zero-order valence-corrected chi connectivity index (χ0v) is 27.1. The van der Waals surface area contributed by atoms with Crippen molar-refractivity contribution < 1.29 is 13.3 Å². The number of hydrogen-bond donors (Lipinski definition) is 0. The first-order valence-corrected chi connectivity index (χ1v) is 17.2. The first kappa shape index (κ1) is 27.0. The summed E-state index contributed by atoms with van der Waals surface area (Å²) in [6, 6.07) is 53.0. The second kappa shape index (κ2) is 9.84. The largest absolute Gasteiger partial charge is 0.455 e. The summed E-state index contributed by atoms with van der Waals surface area (Å²) in [6.45, 7) is 0. The average Bonchev–Trinajstić information content (AvgIpc) is 3.88. The third-order valence-corrected chi connectivity index (χ3v) is 10.6. The van der Waals surface area contributed by atoms with Crippen LogP contribution in [-0.2, 0) is 0 Å². The summed E-state index contributed by atoms with van der Waals surface area (Å²) in [5.41, 5.74) is 9.84. The monoisotopic (exact) mass is 651 g/mol. The standard InChI is InChI=1S/C47H25NO3/c1-2-10-29-25-40-37(23-28(29)9-1)41-31-12-4-3-11-30(31)24-36(46(41)51-40)26-17-19-27(20-18-26)43-42-34-14-6-8-16-39(34)49-45(42)35-22-21-33-32-13-5-7-15-38(32)50-47(33)44(35)48-43/h1-25H. The predicted octanol–water partition coefficient (Wildman–Crippen LogP) is 13.6. The average molecular weight is 652 g/mol. The van der Waals surface area contributed by atoms with Crippen LogP contribution in [0.5, 0.6) is 0 Å². The summed E-state index contributed by atoms with van der Waals surface area (Å²) in [7, 11) is 0. The van der Waals surface area contributed by atoms with E-state index >= 15 is 0 Å². The highest BCUT2D eigenvalue weighted by Crippen LogP contribution is 2.45. The van der Waals surface area contributed by atoms with Crippen molar-refractivity contribution in [3.63, 3.8) is 0 Å². The van der Waals surface area contributed by atoms with E-state index in [1.54, 1.807) is 0 Å². The zero-order valence-electron chi connectivity index (χ0n) is 27.1. The van der Waals surface area contributed by atoms with Gasteiger partial charge in [-0.15, -0.1) is 0 Å². The highest BCUT2D eigenvalue weighted by atomic mass is 16.3. The number of para-hydroxylation sites is 2. The van der Waals surface area contributed by atoms with Crippen LogP contribution in [0.25, 0.3) is 121 Å². The van der Waals surface area contributed by atoms with Crippen molar-refractivity contribution in [1.82, 2.24) is 4.98 Å². The molecule has 0 radical (unpaired) electrons. The van der Waals surface area contributed by atoms with E-state index in [2.05, 4.69) is 121 Å². The van der Waals surface area contributed by atoms with E-state index in [9.17, 15) is 0 Å². The SMILES string of the molecule is c1ccc2cc3c(cc2c1)oc1c(-c2ccc(-c4nc5c(ccc6c7ccccc7oc65)c5oc6ccccc6c45)cc2)cc2ccccc2c13. The maximum absolute atomic E-state index is 6.74. The molecule has 12 aromatic rings. The lowest BCUT2D eigenvalue weighted by molar-refractivity contribution is 0.668. The highest BCUT2D eigenvalue weighted by Gasteiger charge is 2.22. The first-order valence-electron chi connectivity index (χ1n) is 17.2. The summed E-state index contributed by atoms with van der Waals surface area (Å²) in [6.07, 6.45) is 0. The molecule has 0 fully saturated rings. The molecular formula is C47H25NO3. The molecule has 0 saturated carbocycles. The van der Waals surface area contributed by atoms with E-state index < -0.39 is 0 Å². The Balaban J connectivity index is 1.11. The maximum atomic E-state index is 6.74. The molecule has 8 aromatic carbocycles. The number of furan rings is 3. The van der Waals surface area contributed by atoms with Gasteiger partial charge >= 0.3 is 0 Å². The zero-order chi connectivity index (χ0) is 33.2. The van der Waals surface area contributed by atoms with Gasteiger partial charge in [-0.05, 0) is 69.6 Å². The van der Waals surface area contributed by atoms with Crippen LogP contribution in [0.2, 0.25) is 0 Å². The number of nitrogens with zero attached hydrogens (tertiary/aromatic N) is 1. The van der Waals surface area contributed by atoms with E-state index in [0.717, 1.165) is 99.1 Å². The number of fused-ring (bicyclic) bond motifs is 15. The van der Waals surface area contributed by atoms with Crippen molar-refractivity contribution in [2.75, 3.05) is 0 Å². The summed E-state index contributed by atoms with van der Waals surface area (Å²) in [5, 5.41) is 12.1. The second-order valence-corrected chi connectivity index (χ2v) is 13.4. The van der Waals surface area contributed by atoms with Crippen molar-refractivity contribution in [2.45, 2.75) is 0 Å². The third kappa shape index (κ3) is 3.71. The first-order chi connectivity index (χ1) is 25.3. The molecular weight excluding hydrogens is 627 g/mol. The predicted molar refractivity (Wildman–Crippen MR) is 209 cm³/mol. The van der Waals surface area contributed by atoms with Crippen molar-refractivity contribution in [1.29, 1.82) is 0 Å². The highest BCUT2D eigenvalue weighted by molar-refractivity contribution is 6.25. The van der Waals surface area contributed by atoms with Gasteiger partial charge in [-0.2, -0.15) is 0 Å². The van der Waals surface area contributed by atoms with Gasteiger partial charge in [0.05, 0.1) is 11.1 Å². The molecule has 236 valence electrons. The number of pyridine rings is 1. The van der Waals surface area contributed by atoms with Crippen LogP contribution in [0.3, 0.4) is 0 Å². The van der Waals surface area contributed by atoms with Crippen LogP contribution in [0, 0.1) is 0 Å². The van der Waals surface area contributed by atoms with Crippen LogP contribution in [-0.4, -0.2) is 4.98 Å². The van der Waals surface area contributed by atoms with Gasteiger partial charge < -0.3 is 13.3 Å². The second-order valence-electron chi connectivity index (χ2n) is 13.4. The Morgan fingerprint density at radius 1 is 0.353 bits per heavy atom. The molecule has 0 atom stereocenters. The minimum atomic E-state index is 0.769. The van der Waals surface area contributed by atoms with E-state index in [1.807, 2.05) is 30.3 Å². The smallest absolute Gasteiger partial charge is 0.161 e. The molecule has 0 bridgehead atoms. The van der Waals surface area contributed by atoms with Gasteiger partial charge in [-0.3, -0.25) is 0 Å². The molecule has 12 rings (SSSR count). The summed E-state index contributed by atoms with van der Waals surface area (Å²) in [5.74, 6) is 0. The Bertz CT molecular complexity index is 3420. The summed E-state index contributed by atoms with van der Waals surface area (Å²) in [4.78, 5) is 5.40. The molecule has 0 amide bonds. The van der Waals surface area contributed by atoms with Gasteiger partial charge in [-0.25, -0.2) is 4.98 Å². The van der Waals surface area contributed by atoms with E-state index in [1.165, 1.54) is 21.5 Å². The van der Waals surface area contributed by atoms with Crippen LogP contribution in [0.15, 0.2) is 165 Å². The number of hydrogen-bond acceptors (Lipinski definition) is 4. The molecule has 0 aliphatic rings. The Morgan fingerprint density at radius 2 is 0.961 bits per heavy atom. The fourth-order valence-electron chi connectivity index (χ4n) is 8.25. The minimum Gasteiger partial charge on any atom is -0.455 e. The molecule has 0 spiro atoms. The quantitative estimate of drug-likeness (QED) is 0.187. The van der Waals surface area contributed by atoms with Gasteiger partial charge in [0.1, 0.15) is 33.4 Å². The number of benzene rings is 8. The minimum absolute atomic E-state index is 0.769. The molecule has 0 N–H and O–H groups in total. The van der Waals surface area contributed by atoms with Crippen LogP contribution in [0.1, 0.15) is 0 Å². The molecule has 4 aromatic heterocycles. The fraction of sp³-hybridized carbons (Fsp3) is 0. The Kier molecular flexibility index (Phi) is 5.20. The lowest BCUT2D eigenvalue weighted by Crippen LogP contribution is -1.89. The Hall–Kier alpha value is -6.91. The number of aromatic nitrogens is 1. The normalized spacial score (nSPS) is 12.3. The van der Waals surface area contributed by atoms with Gasteiger partial charge in [-0.1, -0.05) is 109 Å². The van der Waals surface area contributed by atoms with Gasteiger partial charge in [0.15, 0.2) is 5.58 Å². The maximum Gasteiger partial charge on any atom is 0.161 e. The van der Waals surface area contributed by atoms with Gasteiger partial charge in [0, 0.05) is 43.4 Å². The topological polar surface area (TPSA) is 52.3 Å². The van der Waals surface area contributed by atoms with Crippen molar-refractivity contribution >= 4 is 98.3 Å². The fourth-order valence-corrected chi connectivity index (χ4v) is 8.25. The molecule has 4 heteroatoms. The van der Waals surface area contributed by atoms with Crippen LogP contribution in [0.4, 0.5) is 0 Å². The molecule has 0 saturated heterocycles. The summed E-state index contributed by atoms with van der Waals surface area (Å²) < 4.78 is 19.8. The molecule has 0 unspecified atom stereocenters. The number of rotatable bonds is 2. The van der Waals surface area contributed by atoms with E-state index in [-0.39, 0.29) is 0 Å². The molecule has 51 heavy (non-hydrogen) atoms. The molecule has 4 heterocycles. The summed E-state index contributed by atoms with van der Waals surface area (Å²) >= 11 is 0. The lowest BCUT2D eigenvalue weighted by atomic mass is 9.94. The van der Waals surface area contributed by atoms with E-state index in [0.29, 0.717) is 0 Å². The lowest BCUT2D eigenvalue weighted by Gasteiger charge is -2.10. The Labute approximate surface area is 289 Å². The van der Waals surface area contributed by atoms with Crippen molar-refractivity contribution in [3.05, 3.63) is 152 Å². The van der Waals surface area contributed by atoms with Crippen LogP contribution < -0.4 is 0 Å². The van der Waals surface area contributed by atoms with Gasteiger partial charge in [0.25, 0.3) is 0 Å². The van der Waals surface area contributed by atoms with Crippen molar-refractivity contribution in [3.8, 4) is 22.4 Å². The molecule has 4 nitrogen and oxygen atoms in total. The molecule has 0 aliphatic heterocycles.